The summed E-state index contributed by atoms with van der Waals surface area (Å²) in [6.45, 7) is 2.21. The second-order valence-electron chi connectivity index (χ2n) is 4.92. The Balaban J connectivity index is 1.79. The zero-order valence-corrected chi connectivity index (χ0v) is 13.0. The monoisotopic (exact) mass is 344 g/mol. The van der Waals surface area contributed by atoms with Gasteiger partial charge in [-0.1, -0.05) is 0 Å². The van der Waals surface area contributed by atoms with E-state index in [4.69, 9.17) is 5.73 Å². The summed E-state index contributed by atoms with van der Waals surface area (Å²) in [7, 11) is 0. The molecule has 1 saturated heterocycles. The van der Waals surface area contributed by atoms with E-state index in [9.17, 15) is 9.59 Å². The van der Waals surface area contributed by atoms with E-state index >= 15 is 0 Å². The van der Waals surface area contributed by atoms with Crippen LogP contribution in [-0.2, 0) is 4.79 Å². The quantitative estimate of drug-likeness (QED) is 0.833. The van der Waals surface area contributed by atoms with Gasteiger partial charge in [0.15, 0.2) is 5.78 Å². The lowest BCUT2D eigenvalue weighted by atomic mass is 9.93. The minimum Gasteiger partial charge on any atom is -0.370 e. The summed E-state index contributed by atoms with van der Waals surface area (Å²) in [5.41, 5.74) is 5.21. The van der Waals surface area contributed by atoms with Crippen molar-refractivity contribution in [2.75, 3.05) is 19.6 Å². The number of nitrogens with zero attached hydrogens (tertiary/aromatic N) is 1. The Hall–Kier alpha value is -0.720. The Morgan fingerprint density at radius 1 is 1.37 bits per heavy atom. The van der Waals surface area contributed by atoms with E-state index in [1.165, 1.54) is 11.3 Å². The number of rotatable bonds is 5. The summed E-state index contributed by atoms with van der Waals surface area (Å²) < 4.78 is 0.982. The van der Waals surface area contributed by atoms with Crippen LogP contribution in [0.15, 0.2) is 15.9 Å². The van der Waals surface area contributed by atoms with E-state index in [-0.39, 0.29) is 11.7 Å². The number of primary amides is 1. The number of carbonyl (C=O) groups excluding carboxylic acids is 2. The molecule has 4 nitrogen and oxygen atoms in total. The molecule has 6 heteroatoms. The third kappa shape index (κ3) is 4.40. The van der Waals surface area contributed by atoms with Crippen molar-refractivity contribution in [3.8, 4) is 0 Å². The first kappa shape index (κ1) is 14.7. The first-order chi connectivity index (χ1) is 9.04. The van der Waals surface area contributed by atoms with E-state index in [1.807, 2.05) is 12.1 Å². The van der Waals surface area contributed by atoms with Gasteiger partial charge >= 0.3 is 0 Å². The van der Waals surface area contributed by atoms with E-state index in [2.05, 4.69) is 20.8 Å². The Bertz CT molecular complexity index is 467. The lowest BCUT2D eigenvalue weighted by molar-refractivity contribution is -0.119. The molecule has 0 saturated carbocycles. The van der Waals surface area contributed by atoms with Crippen LogP contribution in [-0.4, -0.2) is 36.2 Å². The number of hydrogen-bond acceptors (Lipinski definition) is 4. The van der Waals surface area contributed by atoms with Crippen LogP contribution in [0.2, 0.25) is 0 Å². The van der Waals surface area contributed by atoms with Crippen molar-refractivity contribution >= 4 is 39.0 Å². The van der Waals surface area contributed by atoms with Crippen LogP contribution in [0.5, 0.6) is 0 Å². The van der Waals surface area contributed by atoms with E-state index in [0.29, 0.717) is 18.9 Å². The van der Waals surface area contributed by atoms with Crippen molar-refractivity contribution in [2.45, 2.75) is 19.3 Å². The van der Waals surface area contributed by atoms with Gasteiger partial charge in [-0.25, -0.2) is 0 Å². The Kier molecular flexibility index (Phi) is 5.13. The summed E-state index contributed by atoms with van der Waals surface area (Å²) in [5, 5.41) is 0. The van der Waals surface area contributed by atoms with Crippen LogP contribution >= 0.6 is 27.3 Å². The van der Waals surface area contributed by atoms with Crippen molar-refractivity contribution in [1.29, 1.82) is 0 Å². The van der Waals surface area contributed by atoms with Crippen LogP contribution in [0, 0.1) is 5.92 Å². The number of piperidine rings is 1. The van der Waals surface area contributed by atoms with Crippen LogP contribution in [0.1, 0.15) is 28.9 Å². The number of Topliss-reactive ketones (excluding diaryl/α,β-unsaturated/α-hetero) is 1. The molecule has 0 aromatic carbocycles. The zero-order valence-electron chi connectivity index (χ0n) is 10.6. The number of halogens is 1. The lowest BCUT2D eigenvalue weighted by Crippen LogP contribution is -2.38. The van der Waals surface area contributed by atoms with Crippen LogP contribution < -0.4 is 5.73 Å². The molecule has 1 amide bonds. The Morgan fingerprint density at radius 3 is 2.58 bits per heavy atom. The number of nitrogens with two attached hydrogens (primary N) is 1. The third-order valence-corrected chi connectivity index (χ3v) is 5.08. The average molecular weight is 345 g/mol. The summed E-state index contributed by atoms with van der Waals surface area (Å²) in [6.07, 6.45) is 2.37. The maximum absolute atomic E-state index is 12.1. The fraction of sp³-hybridized carbons (Fsp3) is 0.538. The smallest absolute Gasteiger partial charge is 0.217 e. The third-order valence-electron chi connectivity index (χ3n) is 3.41. The predicted molar refractivity (Wildman–Crippen MR) is 79.3 cm³/mol. The van der Waals surface area contributed by atoms with Gasteiger partial charge in [0.25, 0.3) is 0 Å². The molecule has 1 aliphatic heterocycles. The molecule has 0 spiro atoms. The number of ketones is 1. The molecule has 104 valence electrons. The van der Waals surface area contributed by atoms with Crippen molar-refractivity contribution < 1.29 is 9.59 Å². The highest BCUT2D eigenvalue weighted by molar-refractivity contribution is 9.11. The van der Waals surface area contributed by atoms with Crippen molar-refractivity contribution in [1.82, 2.24) is 4.90 Å². The number of amides is 1. The minimum absolute atomic E-state index is 0.170. The zero-order chi connectivity index (χ0) is 13.8. The second-order valence-corrected chi connectivity index (χ2v) is 7.38. The van der Waals surface area contributed by atoms with Crippen molar-refractivity contribution in [2.24, 2.45) is 11.7 Å². The van der Waals surface area contributed by atoms with Crippen LogP contribution in [0.25, 0.3) is 0 Å². The molecule has 0 unspecified atom stereocenters. The minimum atomic E-state index is -0.224. The highest BCUT2D eigenvalue weighted by Crippen LogP contribution is 2.24. The maximum Gasteiger partial charge on any atom is 0.217 e. The van der Waals surface area contributed by atoms with Gasteiger partial charge in [0.1, 0.15) is 0 Å². The number of carbonyl (C=O) groups is 2. The molecule has 0 bridgehead atoms. The fourth-order valence-electron chi connectivity index (χ4n) is 2.38. The van der Waals surface area contributed by atoms with Gasteiger partial charge in [0.05, 0.1) is 15.2 Å². The van der Waals surface area contributed by atoms with Gasteiger partial charge < -0.3 is 5.73 Å². The van der Waals surface area contributed by atoms with Crippen molar-refractivity contribution in [3.63, 3.8) is 0 Å². The van der Waals surface area contributed by atoms with Gasteiger partial charge in [0.2, 0.25) is 5.91 Å². The molecule has 1 fully saturated rings. The molecule has 0 aliphatic carbocycles. The number of thiophene rings is 1. The topological polar surface area (TPSA) is 63.4 Å². The highest BCUT2D eigenvalue weighted by Gasteiger charge is 2.22. The van der Waals surface area contributed by atoms with E-state index in [0.717, 1.165) is 34.6 Å². The molecule has 19 heavy (non-hydrogen) atoms. The second kappa shape index (κ2) is 6.63. The maximum atomic E-state index is 12.1. The number of hydrogen-bond donors (Lipinski definition) is 1. The van der Waals surface area contributed by atoms with Gasteiger partial charge in [-0.15, -0.1) is 11.3 Å². The molecule has 1 aromatic rings. The van der Waals surface area contributed by atoms with E-state index in [1.54, 1.807) is 0 Å². The molecule has 2 rings (SSSR count). The molecular weight excluding hydrogens is 328 g/mol. The summed E-state index contributed by atoms with van der Waals surface area (Å²) in [4.78, 5) is 25.9. The Morgan fingerprint density at radius 2 is 2.05 bits per heavy atom. The molecular formula is C13H17BrN2O2S. The lowest BCUT2D eigenvalue weighted by Gasteiger charge is -2.30. The summed E-state index contributed by atoms with van der Waals surface area (Å²) in [5.74, 6) is 0.335. The van der Waals surface area contributed by atoms with Gasteiger partial charge in [-0.3, -0.25) is 14.5 Å². The molecule has 2 N–H and O–H groups in total. The van der Waals surface area contributed by atoms with Crippen LogP contribution in [0.4, 0.5) is 0 Å². The van der Waals surface area contributed by atoms with Gasteiger partial charge in [-0.05, 0) is 59.9 Å². The fourth-order valence-corrected chi connectivity index (χ4v) is 3.69. The van der Waals surface area contributed by atoms with Gasteiger partial charge in [-0.2, -0.15) is 0 Å². The molecule has 1 aliphatic rings. The molecule has 1 aromatic heterocycles. The highest BCUT2D eigenvalue weighted by atomic mass is 79.9. The summed E-state index contributed by atoms with van der Waals surface area (Å²) >= 11 is 4.84. The number of likely N-dealkylation sites (tertiary alicyclic amines) is 1. The van der Waals surface area contributed by atoms with Gasteiger partial charge in [0, 0.05) is 6.42 Å². The average Bonchev–Trinajstić information content (AvgIpc) is 2.78. The Labute approximate surface area is 125 Å². The SMILES string of the molecule is NC(=O)CC1CCN(CC(=O)c2ccc(Br)s2)CC1. The standard InChI is InChI=1S/C13H17BrN2O2S/c14-12-2-1-11(19-12)10(17)8-16-5-3-9(4-6-16)7-13(15)18/h1-2,9H,3-8H2,(H2,15,18). The summed E-state index contributed by atoms with van der Waals surface area (Å²) in [6, 6.07) is 3.76. The normalized spacial score (nSPS) is 17.5. The molecule has 0 radical (unpaired) electrons. The molecule has 2 heterocycles. The predicted octanol–water partition coefficient (Wildman–Crippen LogP) is 2.28. The largest absolute Gasteiger partial charge is 0.370 e. The van der Waals surface area contributed by atoms with E-state index < -0.39 is 0 Å². The molecule has 0 atom stereocenters. The van der Waals surface area contributed by atoms with Crippen molar-refractivity contribution in [3.05, 3.63) is 20.8 Å². The first-order valence-corrected chi connectivity index (χ1v) is 7.94. The van der Waals surface area contributed by atoms with Crippen LogP contribution in [0.3, 0.4) is 0 Å². The first-order valence-electron chi connectivity index (χ1n) is 6.34.